The van der Waals surface area contributed by atoms with Gasteiger partial charge in [-0.15, -0.1) is 5.10 Å². The number of benzene rings is 1. The Morgan fingerprint density at radius 1 is 0.960 bits per heavy atom. The average molecular weight is 325 g/mol. The Morgan fingerprint density at radius 2 is 1.84 bits per heavy atom. The minimum atomic E-state index is 0.0642. The van der Waals surface area contributed by atoms with Crippen LogP contribution in [-0.2, 0) is 0 Å². The number of pyridine rings is 1. The Labute approximate surface area is 142 Å². The highest BCUT2D eigenvalue weighted by Gasteiger charge is 2.17. The lowest BCUT2D eigenvalue weighted by atomic mass is 10.0. The monoisotopic (exact) mass is 325 g/mol. The molecule has 0 bridgehead atoms. The van der Waals surface area contributed by atoms with Crippen molar-refractivity contribution in [2.75, 3.05) is 5.73 Å². The summed E-state index contributed by atoms with van der Waals surface area (Å²) in [5.74, 6) is 0.0642. The smallest absolute Gasteiger partial charge is 0.183 e. The van der Waals surface area contributed by atoms with Crippen molar-refractivity contribution in [3.8, 4) is 28.7 Å². The van der Waals surface area contributed by atoms with Crippen LogP contribution >= 0.6 is 0 Å². The van der Waals surface area contributed by atoms with Crippen LogP contribution in [0, 0.1) is 11.3 Å². The van der Waals surface area contributed by atoms with E-state index >= 15 is 0 Å². The average Bonchev–Trinajstić information content (AvgIpc) is 2.68. The van der Waals surface area contributed by atoms with Gasteiger partial charge in [0.15, 0.2) is 11.5 Å². The summed E-state index contributed by atoms with van der Waals surface area (Å²) in [4.78, 5) is 13.1. The van der Waals surface area contributed by atoms with Crippen LogP contribution in [0.15, 0.2) is 54.9 Å². The lowest BCUT2D eigenvalue weighted by Crippen LogP contribution is -2.04. The van der Waals surface area contributed by atoms with Crippen molar-refractivity contribution in [1.29, 1.82) is 5.26 Å². The lowest BCUT2D eigenvalue weighted by molar-refractivity contribution is 1.02. The van der Waals surface area contributed by atoms with Crippen molar-refractivity contribution in [2.24, 2.45) is 0 Å². The lowest BCUT2D eigenvalue weighted by Gasteiger charge is -2.10. The standard InChI is InChI=1S/C18H11N7/c19-10-15-18(20)24-17(14-4-2-8-22-25-14)16(23-15)12-5-6-13-11(9-12)3-1-7-21-13/h1-9H,(H2,20,24). The highest BCUT2D eigenvalue weighted by molar-refractivity contribution is 5.87. The van der Waals surface area contributed by atoms with Crippen LogP contribution in [0.25, 0.3) is 33.5 Å². The molecule has 0 atom stereocenters. The molecule has 25 heavy (non-hydrogen) atoms. The number of aromatic nitrogens is 5. The molecule has 4 aromatic rings. The van der Waals surface area contributed by atoms with Crippen molar-refractivity contribution in [1.82, 2.24) is 25.1 Å². The molecule has 0 spiro atoms. The molecule has 0 amide bonds. The van der Waals surface area contributed by atoms with Gasteiger partial charge in [0.25, 0.3) is 0 Å². The SMILES string of the molecule is N#Cc1nc(-c2ccc3ncccc3c2)c(-c2cccnn2)nc1N. The quantitative estimate of drug-likeness (QED) is 0.602. The van der Waals surface area contributed by atoms with Crippen molar-refractivity contribution in [3.05, 3.63) is 60.6 Å². The van der Waals surface area contributed by atoms with Gasteiger partial charge in [0.2, 0.25) is 0 Å². The molecule has 0 aliphatic rings. The molecule has 0 saturated carbocycles. The van der Waals surface area contributed by atoms with Gasteiger partial charge in [-0.05, 0) is 30.3 Å². The maximum atomic E-state index is 9.25. The number of hydrogen-bond acceptors (Lipinski definition) is 7. The summed E-state index contributed by atoms with van der Waals surface area (Å²) in [6.07, 6.45) is 3.31. The molecule has 3 aromatic heterocycles. The summed E-state index contributed by atoms with van der Waals surface area (Å²) < 4.78 is 0. The molecule has 7 heteroatoms. The highest BCUT2D eigenvalue weighted by Crippen LogP contribution is 2.30. The zero-order valence-corrected chi connectivity index (χ0v) is 13.0. The van der Waals surface area contributed by atoms with Gasteiger partial charge < -0.3 is 5.73 Å². The van der Waals surface area contributed by atoms with Gasteiger partial charge in [-0.1, -0.05) is 12.1 Å². The fourth-order valence-electron chi connectivity index (χ4n) is 2.56. The molecule has 1 aromatic carbocycles. The van der Waals surface area contributed by atoms with Gasteiger partial charge in [0, 0.05) is 23.3 Å². The third-order valence-corrected chi connectivity index (χ3v) is 3.72. The van der Waals surface area contributed by atoms with Crippen LogP contribution in [0.3, 0.4) is 0 Å². The third-order valence-electron chi connectivity index (χ3n) is 3.72. The number of nitriles is 1. The second-order valence-corrected chi connectivity index (χ2v) is 5.29. The Morgan fingerprint density at radius 3 is 2.64 bits per heavy atom. The number of fused-ring (bicyclic) bond motifs is 1. The third kappa shape index (κ3) is 2.62. The first-order valence-corrected chi connectivity index (χ1v) is 7.47. The first-order valence-electron chi connectivity index (χ1n) is 7.47. The van der Waals surface area contributed by atoms with E-state index in [0.717, 1.165) is 16.5 Å². The van der Waals surface area contributed by atoms with Crippen LogP contribution in [0.5, 0.6) is 0 Å². The normalized spacial score (nSPS) is 10.5. The highest BCUT2D eigenvalue weighted by atomic mass is 15.1. The van der Waals surface area contributed by atoms with Crippen LogP contribution < -0.4 is 5.73 Å². The second kappa shape index (κ2) is 5.94. The molecule has 4 rings (SSSR count). The van der Waals surface area contributed by atoms with Gasteiger partial charge in [-0.3, -0.25) is 4.98 Å². The summed E-state index contributed by atoms with van der Waals surface area (Å²) >= 11 is 0. The number of anilines is 1. The molecule has 0 fully saturated rings. The minimum Gasteiger partial charge on any atom is -0.381 e. The molecular weight excluding hydrogens is 314 g/mol. The van der Waals surface area contributed by atoms with Crippen molar-refractivity contribution in [2.45, 2.75) is 0 Å². The first kappa shape index (κ1) is 14.7. The van der Waals surface area contributed by atoms with E-state index in [2.05, 4.69) is 25.1 Å². The molecule has 0 radical (unpaired) electrons. The summed E-state index contributed by atoms with van der Waals surface area (Å²) in [6, 6.07) is 15.1. The van der Waals surface area contributed by atoms with Gasteiger partial charge >= 0.3 is 0 Å². The van der Waals surface area contributed by atoms with Crippen molar-refractivity contribution >= 4 is 16.7 Å². The van der Waals surface area contributed by atoms with E-state index in [0.29, 0.717) is 17.1 Å². The molecular formula is C18H11N7. The Bertz CT molecular complexity index is 1120. The predicted octanol–water partition coefficient (Wildman–Crippen LogP) is 2.60. The van der Waals surface area contributed by atoms with E-state index < -0.39 is 0 Å². The van der Waals surface area contributed by atoms with Crippen LogP contribution in [0.1, 0.15) is 5.69 Å². The zero-order chi connectivity index (χ0) is 17.2. The van der Waals surface area contributed by atoms with Crippen LogP contribution in [-0.4, -0.2) is 25.1 Å². The Hall–Kier alpha value is -3.92. The number of nitrogen functional groups attached to an aromatic ring is 1. The Balaban J connectivity index is 2.00. The second-order valence-electron chi connectivity index (χ2n) is 5.29. The molecule has 118 valence electrons. The molecule has 7 nitrogen and oxygen atoms in total. The molecule has 2 N–H and O–H groups in total. The molecule has 0 saturated heterocycles. The van der Waals surface area contributed by atoms with E-state index in [1.807, 2.05) is 36.4 Å². The van der Waals surface area contributed by atoms with E-state index in [9.17, 15) is 5.26 Å². The van der Waals surface area contributed by atoms with Crippen molar-refractivity contribution in [3.63, 3.8) is 0 Å². The van der Waals surface area contributed by atoms with E-state index in [-0.39, 0.29) is 11.5 Å². The van der Waals surface area contributed by atoms with Crippen LogP contribution in [0.4, 0.5) is 5.82 Å². The van der Waals surface area contributed by atoms with Gasteiger partial charge in [-0.2, -0.15) is 10.4 Å². The largest absolute Gasteiger partial charge is 0.381 e. The molecule has 0 aliphatic carbocycles. The predicted molar refractivity (Wildman–Crippen MR) is 92.9 cm³/mol. The van der Waals surface area contributed by atoms with Gasteiger partial charge in [-0.25, -0.2) is 9.97 Å². The van der Waals surface area contributed by atoms with Gasteiger partial charge in [0.05, 0.1) is 11.2 Å². The van der Waals surface area contributed by atoms with Crippen molar-refractivity contribution < 1.29 is 0 Å². The summed E-state index contributed by atoms with van der Waals surface area (Å²) in [6.45, 7) is 0. The Kier molecular flexibility index (Phi) is 3.48. The fourth-order valence-corrected chi connectivity index (χ4v) is 2.56. The zero-order valence-electron chi connectivity index (χ0n) is 13.0. The summed E-state index contributed by atoms with van der Waals surface area (Å²) in [5.41, 5.74) is 9.14. The number of nitrogens with zero attached hydrogens (tertiary/aromatic N) is 6. The molecule has 0 aliphatic heterocycles. The summed E-state index contributed by atoms with van der Waals surface area (Å²) in [7, 11) is 0. The number of nitrogens with two attached hydrogens (primary N) is 1. The van der Waals surface area contributed by atoms with Crippen LogP contribution in [0.2, 0.25) is 0 Å². The molecule has 0 unspecified atom stereocenters. The van der Waals surface area contributed by atoms with E-state index in [4.69, 9.17) is 5.73 Å². The maximum Gasteiger partial charge on any atom is 0.183 e. The topological polar surface area (TPSA) is 114 Å². The van der Waals surface area contributed by atoms with Gasteiger partial charge in [0.1, 0.15) is 17.5 Å². The number of hydrogen-bond donors (Lipinski definition) is 1. The van der Waals surface area contributed by atoms with E-state index in [1.165, 1.54) is 0 Å². The maximum absolute atomic E-state index is 9.25. The first-order chi connectivity index (χ1) is 12.3. The molecule has 3 heterocycles. The van der Waals surface area contributed by atoms with E-state index in [1.54, 1.807) is 24.5 Å². The fraction of sp³-hybridized carbons (Fsp3) is 0. The number of rotatable bonds is 2. The summed E-state index contributed by atoms with van der Waals surface area (Å²) in [5, 5.41) is 18.2. The minimum absolute atomic E-state index is 0.0642.